The molecule has 10 heteroatoms. The molecule has 0 aromatic heterocycles. The Kier molecular flexibility index (Phi) is 9.13. The van der Waals surface area contributed by atoms with Gasteiger partial charge in [-0.25, -0.2) is 8.42 Å². The number of sulfonamides is 1. The van der Waals surface area contributed by atoms with Crippen LogP contribution in [0.25, 0.3) is 0 Å². The summed E-state index contributed by atoms with van der Waals surface area (Å²) in [6.07, 6.45) is 1.03. The van der Waals surface area contributed by atoms with E-state index in [-0.39, 0.29) is 12.5 Å². The highest BCUT2D eigenvalue weighted by molar-refractivity contribution is 7.92. The van der Waals surface area contributed by atoms with E-state index in [0.717, 1.165) is 16.1 Å². The predicted molar refractivity (Wildman–Crippen MR) is 130 cm³/mol. The topological polar surface area (TPSA) is 96.0 Å². The molecule has 2 aromatic carbocycles. The van der Waals surface area contributed by atoms with Gasteiger partial charge in [-0.15, -0.1) is 0 Å². The molecule has 1 N–H and O–H groups in total. The Morgan fingerprint density at radius 2 is 1.79 bits per heavy atom. The van der Waals surface area contributed by atoms with Crippen molar-refractivity contribution in [2.75, 3.05) is 30.8 Å². The van der Waals surface area contributed by atoms with Gasteiger partial charge >= 0.3 is 0 Å². The Morgan fingerprint density at radius 3 is 2.33 bits per heavy atom. The van der Waals surface area contributed by atoms with Gasteiger partial charge in [-0.3, -0.25) is 13.9 Å². The Labute approximate surface area is 200 Å². The highest BCUT2D eigenvalue weighted by Gasteiger charge is 2.30. The van der Waals surface area contributed by atoms with Crippen molar-refractivity contribution in [3.8, 4) is 5.75 Å². The van der Waals surface area contributed by atoms with Crippen LogP contribution >= 0.6 is 11.6 Å². The first-order valence-electron chi connectivity index (χ1n) is 10.4. The lowest BCUT2D eigenvalue weighted by Crippen LogP contribution is -2.51. The first-order chi connectivity index (χ1) is 15.5. The van der Waals surface area contributed by atoms with E-state index in [4.69, 9.17) is 16.3 Å². The average Bonchev–Trinajstić information content (AvgIpc) is 2.77. The lowest BCUT2D eigenvalue weighted by Gasteiger charge is -2.32. The van der Waals surface area contributed by atoms with Crippen molar-refractivity contribution in [3.63, 3.8) is 0 Å². The minimum atomic E-state index is -3.81. The van der Waals surface area contributed by atoms with Crippen molar-refractivity contribution in [3.05, 3.63) is 58.6 Å². The Hall–Kier alpha value is -2.78. The van der Waals surface area contributed by atoms with E-state index in [1.165, 1.54) is 4.90 Å². The molecule has 1 unspecified atom stereocenters. The number of nitrogens with one attached hydrogen (secondary N) is 1. The summed E-state index contributed by atoms with van der Waals surface area (Å²) in [5.74, 6) is -0.188. The van der Waals surface area contributed by atoms with Crippen LogP contribution in [0.5, 0.6) is 5.75 Å². The van der Waals surface area contributed by atoms with Crippen molar-refractivity contribution >= 4 is 39.1 Å². The van der Waals surface area contributed by atoms with Crippen LogP contribution in [0.4, 0.5) is 5.69 Å². The van der Waals surface area contributed by atoms with E-state index < -0.39 is 28.5 Å². The first-order valence-corrected chi connectivity index (χ1v) is 12.6. The van der Waals surface area contributed by atoms with Crippen LogP contribution in [0.15, 0.2) is 42.5 Å². The van der Waals surface area contributed by atoms with Gasteiger partial charge in [0.2, 0.25) is 21.8 Å². The Morgan fingerprint density at radius 1 is 1.15 bits per heavy atom. The van der Waals surface area contributed by atoms with Crippen LogP contribution in [-0.4, -0.2) is 57.6 Å². The van der Waals surface area contributed by atoms with Gasteiger partial charge < -0.3 is 15.0 Å². The SMILES string of the molecule is CCNC(=O)C(C)N(Cc1ccc(OC)cc1)C(=O)CN(c1cccc(Cl)c1C)S(C)(=O)=O. The van der Waals surface area contributed by atoms with Gasteiger partial charge in [-0.05, 0) is 56.2 Å². The van der Waals surface area contributed by atoms with Gasteiger partial charge in [0.05, 0.1) is 19.1 Å². The second-order valence-electron chi connectivity index (χ2n) is 7.59. The first kappa shape index (κ1) is 26.5. The molecule has 1 atom stereocenters. The third-order valence-electron chi connectivity index (χ3n) is 5.22. The van der Waals surface area contributed by atoms with E-state index >= 15 is 0 Å². The van der Waals surface area contributed by atoms with Crippen LogP contribution in [-0.2, 0) is 26.2 Å². The molecule has 2 amide bonds. The number of ether oxygens (including phenoxy) is 1. The summed E-state index contributed by atoms with van der Waals surface area (Å²) in [6.45, 7) is 5.14. The molecule has 0 aliphatic heterocycles. The second-order valence-corrected chi connectivity index (χ2v) is 9.91. The third kappa shape index (κ3) is 6.85. The summed E-state index contributed by atoms with van der Waals surface area (Å²) < 4.78 is 31.4. The van der Waals surface area contributed by atoms with E-state index in [1.807, 2.05) is 0 Å². The number of methoxy groups -OCH3 is 1. The van der Waals surface area contributed by atoms with Gasteiger partial charge in [-0.1, -0.05) is 29.8 Å². The number of amides is 2. The summed E-state index contributed by atoms with van der Waals surface area (Å²) in [4.78, 5) is 27.4. The molecule has 0 aliphatic carbocycles. The molecule has 2 aromatic rings. The quantitative estimate of drug-likeness (QED) is 0.546. The molecule has 0 radical (unpaired) electrons. The van der Waals surface area contributed by atoms with E-state index in [1.54, 1.807) is 70.3 Å². The second kappa shape index (κ2) is 11.4. The molecule has 8 nitrogen and oxygen atoms in total. The fraction of sp³-hybridized carbons (Fsp3) is 0.391. The highest BCUT2D eigenvalue weighted by atomic mass is 35.5. The van der Waals surface area contributed by atoms with Gasteiger partial charge in [0.25, 0.3) is 0 Å². The number of rotatable bonds is 10. The molecular weight excluding hydrogens is 466 g/mol. The minimum Gasteiger partial charge on any atom is -0.497 e. The molecule has 0 fully saturated rings. The number of carbonyl (C=O) groups is 2. The molecule has 0 bridgehead atoms. The smallest absolute Gasteiger partial charge is 0.244 e. The fourth-order valence-corrected chi connectivity index (χ4v) is 4.36. The summed E-state index contributed by atoms with van der Waals surface area (Å²) in [5, 5.41) is 3.10. The van der Waals surface area contributed by atoms with E-state index in [0.29, 0.717) is 28.6 Å². The van der Waals surface area contributed by atoms with Gasteiger partial charge in [0.1, 0.15) is 18.3 Å². The molecule has 0 aliphatic rings. The van der Waals surface area contributed by atoms with Gasteiger partial charge in [0, 0.05) is 18.1 Å². The maximum absolute atomic E-state index is 13.4. The predicted octanol–water partition coefficient (Wildman–Crippen LogP) is 2.98. The standard InChI is InChI=1S/C23H30ClN3O5S/c1-6-25-23(29)17(3)26(14-18-10-12-19(32-4)13-11-18)22(28)15-27(33(5,30)31)21-9-7-8-20(24)16(21)2/h7-13,17H,6,14-15H2,1-5H3,(H,25,29). The van der Waals surface area contributed by atoms with Crippen molar-refractivity contribution in [1.82, 2.24) is 10.2 Å². The number of hydrogen-bond donors (Lipinski definition) is 1. The number of likely N-dealkylation sites (N-methyl/N-ethyl adjacent to an activating group) is 1. The monoisotopic (exact) mass is 495 g/mol. The molecule has 0 saturated heterocycles. The summed E-state index contributed by atoms with van der Waals surface area (Å²) in [5.41, 5.74) is 1.62. The fourth-order valence-electron chi connectivity index (χ4n) is 3.29. The van der Waals surface area contributed by atoms with Gasteiger partial charge in [-0.2, -0.15) is 0 Å². The van der Waals surface area contributed by atoms with Crippen LogP contribution in [0.2, 0.25) is 5.02 Å². The lowest BCUT2D eigenvalue weighted by molar-refractivity contribution is -0.139. The Bertz CT molecular complexity index is 1090. The number of benzene rings is 2. The van der Waals surface area contributed by atoms with Crippen LogP contribution in [0.3, 0.4) is 0 Å². The maximum atomic E-state index is 13.4. The summed E-state index contributed by atoms with van der Waals surface area (Å²) >= 11 is 6.19. The number of hydrogen-bond acceptors (Lipinski definition) is 5. The van der Waals surface area contributed by atoms with Crippen LogP contribution < -0.4 is 14.4 Å². The largest absolute Gasteiger partial charge is 0.497 e. The minimum absolute atomic E-state index is 0.118. The van der Waals surface area contributed by atoms with Crippen molar-refractivity contribution in [2.24, 2.45) is 0 Å². The number of carbonyl (C=O) groups excluding carboxylic acids is 2. The van der Waals surface area contributed by atoms with Crippen LogP contribution in [0, 0.1) is 6.92 Å². The number of halogens is 1. The summed E-state index contributed by atoms with van der Waals surface area (Å²) in [7, 11) is -2.26. The number of anilines is 1. The average molecular weight is 496 g/mol. The molecular formula is C23H30ClN3O5S. The van der Waals surface area contributed by atoms with Crippen molar-refractivity contribution < 1.29 is 22.7 Å². The highest BCUT2D eigenvalue weighted by Crippen LogP contribution is 2.28. The molecule has 2 rings (SSSR count). The molecule has 0 spiro atoms. The molecule has 0 saturated carbocycles. The third-order valence-corrected chi connectivity index (χ3v) is 6.75. The zero-order chi connectivity index (χ0) is 24.8. The number of nitrogens with zero attached hydrogens (tertiary/aromatic N) is 2. The zero-order valence-corrected chi connectivity index (χ0v) is 21.0. The van der Waals surface area contributed by atoms with Crippen molar-refractivity contribution in [1.29, 1.82) is 0 Å². The summed E-state index contributed by atoms with van der Waals surface area (Å²) in [6, 6.07) is 11.1. The zero-order valence-electron chi connectivity index (χ0n) is 19.5. The Balaban J connectivity index is 2.41. The van der Waals surface area contributed by atoms with E-state index in [2.05, 4.69) is 5.32 Å². The molecule has 180 valence electrons. The molecule has 33 heavy (non-hydrogen) atoms. The maximum Gasteiger partial charge on any atom is 0.244 e. The normalized spacial score (nSPS) is 12.1. The van der Waals surface area contributed by atoms with E-state index in [9.17, 15) is 18.0 Å². The van der Waals surface area contributed by atoms with Crippen molar-refractivity contribution in [2.45, 2.75) is 33.4 Å². The van der Waals surface area contributed by atoms with Gasteiger partial charge in [0.15, 0.2) is 0 Å². The molecule has 0 heterocycles. The van der Waals surface area contributed by atoms with Crippen LogP contribution in [0.1, 0.15) is 25.0 Å². The lowest BCUT2D eigenvalue weighted by atomic mass is 10.1.